The Kier molecular flexibility index (Phi) is 6.40. The lowest BCUT2D eigenvalue weighted by molar-refractivity contribution is 0.199. The zero-order valence-electron chi connectivity index (χ0n) is 10.7. The topological polar surface area (TPSA) is 67.4 Å². The van der Waals surface area contributed by atoms with Gasteiger partial charge in [0.25, 0.3) is 0 Å². The summed E-state index contributed by atoms with van der Waals surface area (Å²) < 4.78 is 30.9. The fourth-order valence-corrected chi connectivity index (χ4v) is 3.18. The Morgan fingerprint density at radius 2 is 2.24 bits per heavy atom. The highest BCUT2D eigenvalue weighted by Gasteiger charge is 2.22. The number of ether oxygens (including phenoxy) is 1. The molecular weight excluding hydrogens is 240 g/mol. The van der Waals surface area contributed by atoms with Gasteiger partial charge >= 0.3 is 0 Å². The number of nitrogens with one attached hydrogen (secondary N) is 2. The summed E-state index contributed by atoms with van der Waals surface area (Å²) in [7, 11) is -1.55. The molecule has 1 rings (SSSR count). The molecule has 2 atom stereocenters. The molecule has 2 unspecified atom stereocenters. The van der Waals surface area contributed by atoms with E-state index in [1.54, 1.807) is 7.11 Å². The first kappa shape index (κ1) is 14.9. The predicted octanol–water partition coefficient (Wildman–Crippen LogP) is 0.188. The van der Waals surface area contributed by atoms with E-state index in [-0.39, 0.29) is 5.75 Å². The third kappa shape index (κ3) is 5.81. The molecule has 0 aromatic carbocycles. The van der Waals surface area contributed by atoms with E-state index in [1.807, 2.05) is 0 Å². The van der Waals surface area contributed by atoms with Crippen molar-refractivity contribution in [3.63, 3.8) is 0 Å². The summed E-state index contributed by atoms with van der Waals surface area (Å²) in [5, 5.41) is 3.31. The Labute approximate surface area is 104 Å². The molecule has 6 heteroatoms. The van der Waals surface area contributed by atoms with E-state index in [1.165, 1.54) is 0 Å². The van der Waals surface area contributed by atoms with Crippen LogP contribution < -0.4 is 10.0 Å². The zero-order valence-corrected chi connectivity index (χ0v) is 11.6. The quantitative estimate of drug-likeness (QED) is 0.644. The van der Waals surface area contributed by atoms with Gasteiger partial charge in [0, 0.05) is 20.3 Å². The molecule has 0 amide bonds. The SMILES string of the molecule is COCCCS(=O)(=O)NCC1CCNCC1C. The van der Waals surface area contributed by atoms with Crippen molar-refractivity contribution >= 4 is 10.0 Å². The van der Waals surface area contributed by atoms with Gasteiger partial charge in [-0.2, -0.15) is 0 Å². The molecule has 17 heavy (non-hydrogen) atoms. The smallest absolute Gasteiger partial charge is 0.211 e. The lowest BCUT2D eigenvalue weighted by Gasteiger charge is -2.29. The molecule has 1 saturated heterocycles. The van der Waals surface area contributed by atoms with E-state index in [2.05, 4.69) is 17.0 Å². The van der Waals surface area contributed by atoms with Gasteiger partial charge < -0.3 is 10.1 Å². The molecule has 0 aromatic heterocycles. The lowest BCUT2D eigenvalue weighted by atomic mass is 9.88. The number of rotatable bonds is 7. The van der Waals surface area contributed by atoms with Crippen LogP contribution in [-0.4, -0.2) is 47.5 Å². The van der Waals surface area contributed by atoms with Crippen LogP contribution in [0.3, 0.4) is 0 Å². The fourth-order valence-electron chi connectivity index (χ4n) is 2.07. The first-order valence-corrected chi connectivity index (χ1v) is 7.87. The van der Waals surface area contributed by atoms with Crippen LogP contribution in [-0.2, 0) is 14.8 Å². The fraction of sp³-hybridized carbons (Fsp3) is 1.00. The van der Waals surface area contributed by atoms with Crippen molar-refractivity contribution in [2.24, 2.45) is 11.8 Å². The van der Waals surface area contributed by atoms with E-state index in [0.29, 0.717) is 31.4 Å². The number of sulfonamides is 1. The van der Waals surface area contributed by atoms with Gasteiger partial charge in [0.05, 0.1) is 5.75 Å². The van der Waals surface area contributed by atoms with Gasteiger partial charge in [-0.15, -0.1) is 0 Å². The minimum atomic E-state index is -3.13. The highest BCUT2D eigenvalue weighted by atomic mass is 32.2. The summed E-state index contributed by atoms with van der Waals surface area (Å²) in [5.41, 5.74) is 0. The van der Waals surface area contributed by atoms with Crippen LogP contribution >= 0.6 is 0 Å². The predicted molar refractivity (Wildman–Crippen MR) is 68.4 cm³/mol. The molecule has 1 fully saturated rings. The molecule has 1 heterocycles. The molecule has 0 radical (unpaired) electrons. The van der Waals surface area contributed by atoms with E-state index in [0.717, 1.165) is 19.5 Å². The maximum absolute atomic E-state index is 11.7. The molecule has 0 saturated carbocycles. The minimum absolute atomic E-state index is 0.153. The molecular formula is C11H24N2O3S. The van der Waals surface area contributed by atoms with Crippen molar-refractivity contribution in [2.75, 3.05) is 39.1 Å². The maximum atomic E-state index is 11.7. The first-order valence-electron chi connectivity index (χ1n) is 6.22. The Balaban J connectivity index is 2.28. The van der Waals surface area contributed by atoms with Gasteiger partial charge in [-0.05, 0) is 37.8 Å². The van der Waals surface area contributed by atoms with Gasteiger partial charge in [-0.3, -0.25) is 0 Å². The summed E-state index contributed by atoms with van der Waals surface area (Å²) in [4.78, 5) is 0. The first-order chi connectivity index (χ1) is 8.05. The molecule has 1 aliphatic rings. The van der Waals surface area contributed by atoms with E-state index < -0.39 is 10.0 Å². The van der Waals surface area contributed by atoms with Crippen molar-refractivity contribution in [3.05, 3.63) is 0 Å². The monoisotopic (exact) mass is 264 g/mol. The van der Waals surface area contributed by atoms with Crippen LogP contribution in [0.15, 0.2) is 0 Å². The molecule has 1 aliphatic heterocycles. The summed E-state index contributed by atoms with van der Waals surface area (Å²) in [6.07, 6.45) is 1.59. The van der Waals surface area contributed by atoms with E-state index in [4.69, 9.17) is 4.74 Å². The largest absolute Gasteiger partial charge is 0.385 e. The van der Waals surface area contributed by atoms with Crippen LogP contribution in [0.5, 0.6) is 0 Å². The van der Waals surface area contributed by atoms with Crippen molar-refractivity contribution < 1.29 is 13.2 Å². The van der Waals surface area contributed by atoms with Crippen LogP contribution in [0.4, 0.5) is 0 Å². The Bertz CT molecular complexity index is 306. The summed E-state index contributed by atoms with van der Waals surface area (Å²) >= 11 is 0. The van der Waals surface area contributed by atoms with Crippen molar-refractivity contribution in [3.8, 4) is 0 Å². The molecule has 0 aliphatic carbocycles. The van der Waals surface area contributed by atoms with Crippen LogP contribution in [0.25, 0.3) is 0 Å². The van der Waals surface area contributed by atoms with Crippen LogP contribution in [0, 0.1) is 11.8 Å². The second kappa shape index (κ2) is 7.31. The number of hydrogen-bond donors (Lipinski definition) is 2. The lowest BCUT2D eigenvalue weighted by Crippen LogP contribution is -2.41. The minimum Gasteiger partial charge on any atom is -0.385 e. The molecule has 0 bridgehead atoms. The zero-order chi connectivity index (χ0) is 12.7. The van der Waals surface area contributed by atoms with Crippen LogP contribution in [0.2, 0.25) is 0 Å². The normalized spacial score (nSPS) is 26.0. The third-order valence-corrected chi connectivity index (χ3v) is 4.72. The summed E-state index contributed by atoms with van der Waals surface area (Å²) in [6, 6.07) is 0. The molecule has 102 valence electrons. The van der Waals surface area contributed by atoms with Crippen molar-refractivity contribution in [1.82, 2.24) is 10.0 Å². The molecule has 2 N–H and O–H groups in total. The van der Waals surface area contributed by atoms with Gasteiger partial charge in [0.15, 0.2) is 0 Å². The van der Waals surface area contributed by atoms with E-state index in [9.17, 15) is 8.42 Å². The Morgan fingerprint density at radius 3 is 2.88 bits per heavy atom. The van der Waals surface area contributed by atoms with Gasteiger partial charge in [-0.1, -0.05) is 6.92 Å². The van der Waals surface area contributed by atoms with Crippen molar-refractivity contribution in [2.45, 2.75) is 19.8 Å². The van der Waals surface area contributed by atoms with Gasteiger partial charge in [0.1, 0.15) is 0 Å². The highest BCUT2D eigenvalue weighted by molar-refractivity contribution is 7.89. The standard InChI is InChI=1S/C11H24N2O3S/c1-10-8-12-5-4-11(10)9-13-17(14,15)7-3-6-16-2/h10-13H,3-9H2,1-2H3. The van der Waals surface area contributed by atoms with Crippen molar-refractivity contribution in [1.29, 1.82) is 0 Å². The third-order valence-electron chi connectivity index (χ3n) is 3.29. The van der Waals surface area contributed by atoms with E-state index >= 15 is 0 Å². The maximum Gasteiger partial charge on any atom is 0.211 e. The van der Waals surface area contributed by atoms with Crippen LogP contribution in [0.1, 0.15) is 19.8 Å². The molecule has 0 spiro atoms. The number of piperidine rings is 1. The van der Waals surface area contributed by atoms with Gasteiger partial charge in [0.2, 0.25) is 10.0 Å². The second-order valence-electron chi connectivity index (χ2n) is 4.74. The second-order valence-corrected chi connectivity index (χ2v) is 6.67. The summed E-state index contributed by atoms with van der Waals surface area (Å²) in [5.74, 6) is 1.14. The average Bonchev–Trinajstić information content (AvgIpc) is 2.28. The molecule has 5 nitrogen and oxygen atoms in total. The molecule has 0 aromatic rings. The number of methoxy groups -OCH3 is 1. The number of hydrogen-bond acceptors (Lipinski definition) is 4. The Morgan fingerprint density at radius 1 is 1.47 bits per heavy atom. The summed E-state index contributed by atoms with van der Waals surface area (Å²) in [6.45, 7) is 5.19. The highest BCUT2D eigenvalue weighted by Crippen LogP contribution is 2.17. The Hall–Kier alpha value is -0.170. The van der Waals surface area contributed by atoms with Gasteiger partial charge in [-0.25, -0.2) is 13.1 Å². The average molecular weight is 264 g/mol.